The van der Waals surface area contributed by atoms with E-state index >= 15 is 0 Å². The second-order valence-corrected chi connectivity index (χ2v) is 9.36. The molecule has 1 aliphatic heterocycles. The number of aliphatic imine (C=N–C) groups is 1. The molecule has 1 aromatic rings. The lowest BCUT2D eigenvalue weighted by Gasteiger charge is -2.32. The van der Waals surface area contributed by atoms with Crippen molar-refractivity contribution < 1.29 is 5.11 Å². The molecule has 24 heavy (non-hydrogen) atoms. The lowest BCUT2D eigenvalue weighted by atomic mass is 9.95. The van der Waals surface area contributed by atoms with Crippen LogP contribution in [-0.4, -0.2) is 47.7 Å². The number of hydrogen-bond donors (Lipinski definition) is 1. The van der Waals surface area contributed by atoms with Crippen molar-refractivity contribution in [2.45, 2.75) is 62.5 Å². The van der Waals surface area contributed by atoms with Crippen molar-refractivity contribution in [1.82, 2.24) is 4.90 Å². The molecule has 0 bridgehead atoms. The molecule has 0 unspecified atom stereocenters. The number of aryl methyl sites for hydroxylation is 1. The maximum Gasteiger partial charge on any atom is 0.126 e. The summed E-state index contributed by atoms with van der Waals surface area (Å²) in [5.41, 5.74) is 3.28. The fourth-order valence-electron chi connectivity index (χ4n) is 3.10. The summed E-state index contributed by atoms with van der Waals surface area (Å²) in [6.45, 7) is 8.47. The lowest BCUT2D eigenvalue weighted by molar-refractivity contribution is 0.420. The van der Waals surface area contributed by atoms with Gasteiger partial charge in [-0.25, -0.2) is 0 Å². The second kappa shape index (κ2) is 8.39. The number of fused-ring (bicyclic) bond motifs is 1. The summed E-state index contributed by atoms with van der Waals surface area (Å²) in [5, 5.41) is 10.6. The van der Waals surface area contributed by atoms with Crippen LogP contribution in [0.1, 0.15) is 57.6 Å². The Balaban J connectivity index is 2.30. The van der Waals surface area contributed by atoms with Gasteiger partial charge in [0.2, 0.25) is 0 Å². The summed E-state index contributed by atoms with van der Waals surface area (Å²) >= 11 is 1.87. The van der Waals surface area contributed by atoms with Crippen LogP contribution in [-0.2, 0) is 6.42 Å². The average Bonchev–Trinajstić information content (AvgIpc) is 2.45. The summed E-state index contributed by atoms with van der Waals surface area (Å²) < 4.78 is 0.123. The van der Waals surface area contributed by atoms with E-state index in [1.54, 1.807) is 0 Å². The molecule has 3 nitrogen and oxygen atoms in total. The molecular weight excluding hydrogens is 316 g/mol. The zero-order chi connectivity index (χ0) is 17.7. The lowest BCUT2D eigenvalue weighted by Crippen LogP contribution is -2.27. The first-order valence-electron chi connectivity index (χ1n) is 9.05. The molecule has 0 amide bonds. The van der Waals surface area contributed by atoms with Gasteiger partial charge in [-0.2, -0.15) is 0 Å². The predicted molar refractivity (Wildman–Crippen MR) is 106 cm³/mol. The van der Waals surface area contributed by atoms with Gasteiger partial charge in [0.15, 0.2) is 0 Å². The van der Waals surface area contributed by atoms with Crippen LogP contribution in [0.4, 0.5) is 0 Å². The van der Waals surface area contributed by atoms with Gasteiger partial charge in [-0.1, -0.05) is 19.8 Å². The van der Waals surface area contributed by atoms with Gasteiger partial charge < -0.3 is 10.0 Å². The van der Waals surface area contributed by atoms with Crippen molar-refractivity contribution in [3.05, 3.63) is 23.3 Å². The van der Waals surface area contributed by atoms with E-state index in [9.17, 15) is 5.11 Å². The molecule has 134 valence electrons. The quantitative estimate of drug-likeness (QED) is 0.722. The summed E-state index contributed by atoms with van der Waals surface area (Å²) in [7, 11) is 4.13. The molecule has 0 fully saturated rings. The summed E-state index contributed by atoms with van der Waals surface area (Å²) in [6.07, 6.45) is 5.60. The Bertz CT molecular complexity index is 594. The van der Waals surface area contributed by atoms with Gasteiger partial charge in [-0.15, -0.1) is 11.8 Å². The molecule has 0 spiro atoms. The summed E-state index contributed by atoms with van der Waals surface area (Å²) in [6, 6.07) is 4.23. The topological polar surface area (TPSA) is 35.8 Å². The zero-order valence-electron chi connectivity index (χ0n) is 15.9. The standard InChI is InChI=1S/C20H32N2OS/c1-6-7-8-9-15-12-17(23)19-16(21-10-11-22(4)5)14-20(2,3)24-18(19)13-15/h12-13,23H,6-11,14H2,1-5H3. The summed E-state index contributed by atoms with van der Waals surface area (Å²) in [4.78, 5) is 8.17. The number of aromatic hydroxyl groups is 1. The molecule has 0 saturated carbocycles. The number of nitrogens with zero attached hydrogens (tertiary/aromatic N) is 2. The number of phenolic OH excluding ortho intramolecular Hbond substituents is 1. The molecule has 1 heterocycles. The molecule has 0 saturated heterocycles. The van der Waals surface area contributed by atoms with E-state index in [0.717, 1.165) is 37.2 Å². The minimum atomic E-state index is 0.123. The molecule has 2 rings (SSSR count). The van der Waals surface area contributed by atoms with Gasteiger partial charge in [0.25, 0.3) is 0 Å². The van der Waals surface area contributed by atoms with Crippen LogP contribution in [0.15, 0.2) is 22.0 Å². The molecule has 0 aromatic heterocycles. The molecule has 0 radical (unpaired) electrons. The Labute approximate surface area is 151 Å². The van der Waals surface area contributed by atoms with Crippen molar-refractivity contribution in [3.8, 4) is 5.75 Å². The Morgan fingerprint density at radius 2 is 2.00 bits per heavy atom. The average molecular weight is 349 g/mol. The van der Waals surface area contributed by atoms with E-state index in [2.05, 4.69) is 45.8 Å². The number of rotatable bonds is 7. The maximum absolute atomic E-state index is 10.6. The highest BCUT2D eigenvalue weighted by atomic mass is 32.2. The van der Waals surface area contributed by atoms with Gasteiger partial charge in [0, 0.05) is 28.3 Å². The van der Waals surface area contributed by atoms with E-state index in [1.807, 2.05) is 17.8 Å². The zero-order valence-corrected chi connectivity index (χ0v) is 16.7. The summed E-state index contributed by atoms with van der Waals surface area (Å²) in [5.74, 6) is 0.408. The van der Waals surface area contributed by atoms with Gasteiger partial charge in [-0.3, -0.25) is 4.99 Å². The van der Waals surface area contributed by atoms with Gasteiger partial charge in [0.1, 0.15) is 5.75 Å². The number of thioether (sulfide) groups is 1. The highest BCUT2D eigenvalue weighted by Crippen LogP contribution is 2.46. The first-order valence-corrected chi connectivity index (χ1v) is 9.87. The molecule has 1 aliphatic rings. The van der Waals surface area contributed by atoms with Crippen molar-refractivity contribution in [2.24, 2.45) is 4.99 Å². The Morgan fingerprint density at radius 3 is 2.67 bits per heavy atom. The fourth-order valence-corrected chi connectivity index (χ4v) is 4.43. The predicted octanol–water partition coefficient (Wildman–Crippen LogP) is 4.75. The number of unbranched alkanes of at least 4 members (excludes halogenated alkanes) is 2. The minimum absolute atomic E-state index is 0.123. The van der Waals surface area contributed by atoms with Crippen LogP contribution in [0.2, 0.25) is 0 Å². The number of benzene rings is 1. The highest BCUT2D eigenvalue weighted by molar-refractivity contribution is 8.00. The van der Waals surface area contributed by atoms with Crippen LogP contribution in [0.25, 0.3) is 0 Å². The van der Waals surface area contributed by atoms with Crippen LogP contribution in [0, 0.1) is 0 Å². The minimum Gasteiger partial charge on any atom is -0.507 e. The Hall–Kier alpha value is -1.00. The Morgan fingerprint density at radius 1 is 1.25 bits per heavy atom. The largest absolute Gasteiger partial charge is 0.507 e. The van der Waals surface area contributed by atoms with E-state index in [1.165, 1.54) is 29.7 Å². The third-order valence-corrected chi connectivity index (χ3v) is 5.57. The van der Waals surface area contributed by atoms with Gasteiger partial charge >= 0.3 is 0 Å². The normalized spacial score (nSPS) is 18.2. The molecule has 0 atom stereocenters. The van der Waals surface area contributed by atoms with E-state index < -0.39 is 0 Å². The monoisotopic (exact) mass is 348 g/mol. The Kier molecular flexibility index (Phi) is 6.76. The van der Waals surface area contributed by atoms with E-state index in [-0.39, 0.29) is 4.75 Å². The molecule has 4 heteroatoms. The van der Waals surface area contributed by atoms with Gasteiger partial charge in [-0.05, 0) is 58.5 Å². The molecule has 1 N–H and O–H groups in total. The highest BCUT2D eigenvalue weighted by Gasteiger charge is 2.32. The van der Waals surface area contributed by atoms with Crippen LogP contribution < -0.4 is 0 Å². The molecule has 1 aromatic carbocycles. The van der Waals surface area contributed by atoms with Crippen LogP contribution in [0.5, 0.6) is 5.75 Å². The van der Waals surface area contributed by atoms with Crippen LogP contribution >= 0.6 is 11.8 Å². The van der Waals surface area contributed by atoms with Crippen molar-refractivity contribution >= 4 is 17.5 Å². The SMILES string of the molecule is CCCCCc1cc(O)c2c(c1)SC(C)(C)CC2=NCCN(C)C. The van der Waals surface area contributed by atoms with E-state index in [0.29, 0.717) is 5.75 Å². The third-order valence-electron chi connectivity index (χ3n) is 4.33. The second-order valence-electron chi connectivity index (χ2n) is 7.62. The smallest absolute Gasteiger partial charge is 0.126 e. The first kappa shape index (κ1) is 19.3. The van der Waals surface area contributed by atoms with Crippen molar-refractivity contribution in [1.29, 1.82) is 0 Å². The molecular formula is C20H32N2OS. The van der Waals surface area contributed by atoms with E-state index in [4.69, 9.17) is 4.99 Å². The third kappa shape index (κ3) is 5.25. The van der Waals surface area contributed by atoms with Gasteiger partial charge in [0.05, 0.1) is 12.1 Å². The fraction of sp³-hybridized carbons (Fsp3) is 0.650. The maximum atomic E-state index is 10.6. The van der Waals surface area contributed by atoms with Crippen molar-refractivity contribution in [2.75, 3.05) is 27.2 Å². The molecule has 0 aliphatic carbocycles. The number of likely N-dealkylation sites (N-methyl/N-ethyl adjacent to an activating group) is 1. The van der Waals surface area contributed by atoms with Crippen molar-refractivity contribution in [3.63, 3.8) is 0 Å². The number of hydrogen-bond acceptors (Lipinski definition) is 4. The number of phenols is 1. The van der Waals surface area contributed by atoms with Crippen LogP contribution in [0.3, 0.4) is 0 Å². The first-order chi connectivity index (χ1) is 11.3.